The Kier molecular flexibility index (Phi) is 8.37. The van der Waals surface area contributed by atoms with E-state index in [4.69, 9.17) is 4.74 Å². The van der Waals surface area contributed by atoms with E-state index in [9.17, 15) is 19.2 Å². The largest absolute Gasteiger partial charge is 0.468 e. The standard InChI is InChI=1S/C21H22N2O6/c1-2-29-21(27)16-8-10-17(11-9-16)22-20(26)18(12-13-28-14-24)23-19(25)15-6-4-3-5-7-15/h3-11,14,18H,2,12-13H2,1H3,(H,22,26)(H,23,25). The van der Waals surface area contributed by atoms with E-state index in [-0.39, 0.29) is 26.1 Å². The number of ether oxygens (including phenoxy) is 2. The molecule has 0 aliphatic rings. The second kappa shape index (κ2) is 11.2. The Bertz CT molecular complexity index is 836. The number of amides is 2. The maximum atomic E-state index is 12.6. The third-order valence-electron chi connectivity index (χ3n) is 3.91. The van der Waals surface area contributed by atoms with Crippen molar-refractivity contribution in [3.8, 4) is 0 Å². The summed E-state index contributed by atoms with van der Waals surface area (Å²) in [6.45, 7) is 2.23. The average Bonchev–Trinajstić information content (AvgIpc) is 2.74. The van der Waals surface area contributed by atoms with Crippen LogP contribution in [0.4, 0.5) is 5.69 Å². The zero-order chi connectivity index (χ0) is 21.1. The first kappa shape index (κ1) is 21.6. The number of hydrogen-bond acceptors (Lipinski definition) is 6. The molecule has 2 aromatic carbocycles. The van der Waals surface area contributed by atoms with Crippen molar-refractivity contribution in [3.63, 3.8) is 0 Å². The Morgan fingerprint density at radius 1 is 1.00 bits per heavy atom. The van der Waals surface area contributed by atoms with Gasteiger partial charge in [0.1, 0.15) is 6.04 Å². The average molecular weight is 398 g/mol. The number of nitrogens with one attached hydrogen (secondary N) is 2. The molecule has 0 aliphatic carbocycles. The van der Waals surface area contributed by atoms with Crippen LogP contribution in [0.3, 0.4) is 0 Å². The van der Waals surface area contributed by atoms with Gasteiger partial charge in [-0.05, 0) is 43.3 Å². The van der Waals surface area contributed by atoms with Crippen LogP contribution >= 0.6 is 0 Å². The van der Waals surface area contributed by atoms with Gasteiger partial charge in [-0.25, -0.2) is 4.79 Å². The lowest BCUT2D eigenvalue weighted by molar-refractivity contribution is -0.129. The highest BCUT2D eigenvalue weighted by molar-refractivity contribution is 6.01. The van der Waals surface area contributed by atoms with Crippen molar-refractivity contribution in [3.05, 3.63) is 65.7 Å². The molecule has 152 valence electrons. The van der Waals surface area contributed by atoms with Crippen molar-refractivity contribution in [1.29, 1.82) is 0 Å². The molecule has 0 aromatic heterocycles. The highest BCUT2D eigenvalue weighted by Crippen LogP contribution is 2.12. The summed E-state index contributed by atoms with van der Waals surface area (Å²) in [5.74, 6) is -1.36. The van der Waals surface area contributed by atoms with E-state index in [1.54, 1.807) is 49.4 Å². The molecule has 0 saturated carbocycles. The van der Waals surface area contributed by atoms with E-state index < -0.39 is 23.8 Å². The Labute approximate surface area is 168 Å². The van der Waals surface area contributed by atoms with Gasteiger partial charge in [-0.3, -0.25) is 14.4 Å². The first-order valence-corrected chi connectivity index (χ1v) is 9.04. The van der Waals surface area contributed by atoms with Crippen LogP contribution in [-0.4, -0.2) is 43.5 Å². The van der Waals surface area contributed by atoms with E-state index in [1.807, 2.05) is 0 Å². The zero-order valence-electron chi connectivity index (χ0n) is 15.9. The monoisotopic (exact) mass is 398 g/mol. The molecule has 2 rings (SSSR count). The fraction of sp³-hybridized carbons (Fsp3) is 0.238. The van der Waals surface area contributed by atoms with Crippen molar-refractivity contribution in [2.75, 3.05) is 18.5 Å². The van der Waals surface area contributed by atoms with Crippen molar-refractivity contribution in [2.45, 2.75) is 19.4 Å². The molecule has 1 unspecified atom stereocenters. The summed E-state index contributed by atoms with van der Waals surface area (Å²) >= 11 is 0. The fourth-order valence-electron chi connectivity index (χ4n) is 2.47. The zero-order valence-corrected chi connectivity index (χ0v) is 15.9. The molecule has 2 amide bonds. The van der Waals surface area contributed by atoms with Gasteiger partial charge in [0.05, 0.1) is 18.8 Å². The third kappa shape index (κ3) is 6.76. The van der Waals surface area contributed by atoms with E-state index in [0.717, 1.165) is 0 Å². The van der Waals surface area contributed by atoms with Crippen LogP contribution in [0.15, 0.2) is 54.6 Å². The number of anilines is 1. The highest BCUT2D eigenvalue weighted by Gasteiger charge is 2.22. The van der Waals surface area contributed by atoms with Gasteiger partial charge in [-0.2, -0.15) is 0 Å². The molecule has 29 heavy (non-hydrogen) atoms. The molecule has 0 radical (unpaired) electrons. The molecule has 0 saturated heterocycles. The first-order chi connectivity index (χ1) is 14.0. The molecule has 0 fully saturated rings. The summed E-state index contributed by atoms with van der Waals surface area (Å²) in [6.07, 6.45) is 0.101. The summed E-state index contributed by atoms with van der Waals surface area (Å²) in [5, 5.41) is 5.31. The van der Waals surface area contributed by atoms with E-state index >= 15 is 0 Å². The lowest BCUT2D eigenvalue weighted by Crippen LogP contribution is -2.44. The van der Waals surface area contributed by atoms with Crippen LogP contribution in [0.5, 0.6) is 0 Å². The van der Waals surface area contributed by atoms with Gasteiger partial charge >= 0.3 is 5.97 Å². The number of esters is 1. The van der Waals surface area contributed by atoms with Crippen molar-refractivity contribution in [2.24, 2.45) is 0 Å². The van der Waals surface area contributed by atoms with Gasteiger partial charge in [0.15, 0.2) is 0 Å². The number of carbonyl (C=O) groups excluding carboxylic acids is 4. The predicted molar refractivity (Wildman–Crippen MR) is 105 cm³/mol. The molecule has 8 heteroatoms. The SMILES string of the molecule is CCOC(=O)c1ccc(NC(=O)C(CCOC=O)NC(=O)c2ccccc2)cc1. The third-order valence-corrected chi connectivity index (χ3v) is 3.91. The number of hydrogen-bond donors (Lipinski definition) is 2. The Hall–Kier alpha value is -3.68. The molecule has 0 spiro atoms. The Morgan fingerprint density at radius 3 is 2.31 bits per heavy atom. The van der Waals surface area contributed by atoms with E-state index in [0.29, 0.717) is 16.8 Å². The van der Waals surface area contributed by atoms with Crippen LogP contribution in [0.2, 0.25) is 0 Å². The molecular weight excluding hydrogens is 376 g/mol. The minimum absolute atomic E-state index is 0.0293. The second-order valence-corrected chi connectivity index (χ2v) is 5.93. The van der Waals surface area contributed by atoms with Crippen LogP contribution in [0.25, 0.3) is 0 Å². The normalized spacial score (nSPS) is 11.1. The van der Waals surface area contributed by atoms with E-state index in [2.05, 4.69) is 15.4 Å². The van der Waals surface area contributed by atoms with Crippen LogP contribution < -0.4 is 10.6 Å². The lowest BCUT2D eigenvalue weighted by Gasteiger charge is -2.18. The summed E-state index contributed by atoms with van der Waals surface area (Å²) in [5.41, 5.74) is 1.21. The van der Waals surface area contributed by atoms with Crippen LogP contribution in [-0.2, 0) is 19.1 Å². The van der Waals surface area contributed by atoms with E-state index in [1.165, 1.54) is 12.1 Å². The maximum absolute atomic E-state index is 12.6. The molecule has 8 nitrogen and oxygen atoms in total. The summed E-state index contributed by atoms with van der Waals surface area (Å²) in [4.78, 5) is 47.1. The van der Waals surface area contributed by atoms with Crippen molar-refractivity contribution < 1.29 is 28.7 Å². The number of carbonyl (C=O) groups is 4. The van der Waals surface area contributed by atoms with Gasteiger partial charge in [0.25, 0.3) is 12.4 Å². The molecule has 2 N–H and O–H groups in total. The molecule has 0 bridgehead atoms. The number of benzene rings is 2. The van der Waals surface area contributed by atoms with Gasteiger partial charge < -0.3 is 20.1 Å². The Morgan fingerprint density at radius 2 is 1.69 bits per heavy atom. The predicted octanol–water partition coefficient (Wildman–Crippen LogP) is 2.16. The van der Waals surface area contributed by atoms with Crippen molar-refractivity contribution in [1.82, 2.24) is 5.32 Å². The van der Waals surface area contributed by atoms with Gasteiger partial charge in [-0.15, -0.1) is 0 Å². The topological polar surface area (TPSA) is 111 Å². The minimum Gasteiger partial charge on any atom is -0.468 e. The van der Waals surface area contributed by atoms with Crippen molar-refractivity contribution >= 4 is 29.9 Å². The summed E-state index contributed by atoms with van der Waals surface area (Å²) in [7, 11) is 0. The number of rotatable bonds is 10. The van der Waals surface area contributed by atoms with Gasteiger partial charge in [0, 0.05) is 17.7 Å². The molecule has 0 heterocycles. The molecule has 0 aliphatic heterocycles. The minimum atomic E-state index is -0.924. The maximum Gasteiger partial charge on any atom is 0.338 e. The van der Waals surface area contributed by atoms with Crippen LogP contribution in [0.1, 0.15) is 34.1 Å². The van der Waals surface area contributed by atoms with Gasteiger partial charge in [0.2, 0.25) is 5.91 Å². The summed E-state index contributed by atoms with van der Waals surface area (Å²) < 4.78 is 9.57. The second-order valence-electron chi connectivity index (χ2n) is 5.93. The first-order valence-electron chi connectivity index (χ1n) is 9.04. The Balaban J connectivity index is 2.05. The smallest absolute Gasteiger partial charge is 0.338 e. The highest BCUT2D eigenvalue weighted by atomic mass is 16.5. The molecular formula is C21H22N2O6. The summed E-state index contributed by atoms with van der Waals surface area (Å²) in [6, 6.07) is 13.7. The van der Waals surface area contributed by atoms with Gasteiger partial charge in [-0.1, -0.05) is 18.2 Å². The fourth-order valence-corrected chi connectivity index (χ4v) is 2.47. The quantitative estimate of drug-likeness (QED) is 0.360. The molecule has 2 aromatic rings. The molecule has 1 atom stereocenters. The van der Waals surface area contributed by atoms with Crippen LogP contribution in [0, 0.1) is 0 Å². The lowest BCUT2D eigenvalue weighted by atomic mass is 10.1.